The van der Waals surface area contributed by atoms with Crippen molar-refractivity contribution < 1.29 is 19.2 Å². The molecule has 1 aliphatic heterocycles. The van der Waals surface area contributed by atoms with Crippen LogP contribution in [0.1, 0.15) is 35.1 Å². The van der Waals surface area contributed by atoms with Gasteiger partial charge >= 0.3 is 0 Å². The lowest BCUT2D eigenvalue weighted by Crippen LogP contribution is -2.51. The van der Waals surface area contributed by atoms with Crippen LogP contribution in [0, 0.1) is 22.0 Å². The Kier molecular flexibility index (Phi) is 3.88. The first-order valence-electron chi connectivity index (χ1n) is 10.8. The average molecular weight is 440 g/mol. The highest BCUT2D eigenvalue weighted by molar-refractivity contribution is 6.24. The number of methoxy groups -OCH3 is 1. The Morgan fingerprint density at radius 3 is 2.12 bits per heavy atom. The van der Waals surface area contributed by atoms with Crippen molar-refractivity contribution in [2.24, 2.45) is 11.8 Å². The molecule has 1 heterocycles. The minimum absolute atomic E-state index is 0.122. The molecule has 4 aliphatic rings. The Bertz CT molecular complexity index is 1330. The molecule has 2 atom stereocenters. The maximum atomic E-state index is 14.0. The van der Waals surface area contributed by atoms with Crippen LogP contribution < -0.4 is 9.64 Å². The van der Waals surface area contributed by atoms with Crippen LogP contribution in [-0.2, 0) is 15.0 Å². The average Bonchev–Trinajstić information content (AvgIpc) is 3.10. The van der Waals surface area contributed by atoms with Gasteiger partial charge in [-0.25, -0.2) is 4.90 Å². The molecule has 7 nitrogen and oxygen atoms in total. The number of rotatable bonds is 3. The number of nitro groups is 1. The van der Waals surface area contributed by atoms with Crippen molar-refractivity contribution in [3.8, 4) is 5.75 Å². The first kappa shape index (κ1) is 19.7. The fourth-order valence-electron chi connectivity index (χ4n) is 6.35. The number of anilines is 1. The molecule has 3 aromatic carbocycles. The van der Waals surface area contributed by atoms with E-state index in [0.717, 1.165) is 22.3 Å². The summed E-state index contributed by atoms with van der Waals surface area (Å²) in [6.45, 7) is 2.06. The van der Waals surface area contributed by atoms with E-state index in [1.165, 1.54) is 30.2 Å². The lowest BCUT2D eigenvalue weighted by molar-refractivity contribution is -0.384. The molecule has 0 N–H and O–H groups in total. The van der Waals surface area contributed by atoms with Gasteiger partial charge in [0.05, 0.1) is 35.6 Å². The second-order valence-corrected chi connectivity index (χ2v) is 8.98. The second kappa shape index (κ2) is 6.51. The Morgan fingerprint density at radius 2 is 1.55 bits per heavy atom. The molecule has 0 aromatic heterocycles. The smallest absolute Gasteiger partial charge is 0.273 e. The van der Waals surface area contributed by atoms with Gasteiger partial charge in [0.15, 0.2) is 0 Å². The van der Waals surface area contributed by atoms with Crippen LogP contribution in [0.15, 0.2) is 66.7 Å². The van der Waals surface area contributed by atoms with E-state index in [1.807, 2.05) is 24.3 Å². The van der Waals surface area contributed by atoms with Gasteiger partial charge < -0.3 is 4.74 Å². The lowest BCUT2D eigenvalue weighted by atomic mass is 9.48. The van der Waals surface area contributed by atoms with E-state index in [1.54, 1.807) is 0 Å². The normalized spacial score (nSPS) is 26.6. The minimum atomic E-state index is -0.665. The molecular formula is C26H20N2O5. The van der Waals surface area contributed by atoms with Gasteiger partial charge in [0.25, 0.3) is 5.69 Å². The van der Waals surface area contributed by atoms with Crippen LogP contribution in [0.4, 0.5) is 11.4 Å². The fourth-order valence-corrected chi connectivity index (χ4v) is 6.35. The highest BCUT2D eigenvalue weighted by Gasteiger charge is 2.66. The second-order valence-electron chi connectivity index (χ2n) is 8.98. The van der Waals surface area contributed by atoms with E-state index < -0.39 is 22.2 Å². The lowest BCUT2D eigenvalue weighted by Gasteiger charge is -2.52. The summed E-state index contributed by atoms with van der Waals surface area (Å²) in [5, 5.41) is 11.2. The zero-order chi connectivity index (χ0) is 23.1. The third-order valence-electron chi connectivity index (χ3n) is 7.66. The molecule has 2 amide bonds. The molecule has 0 saturated carbocycles. The Morgan fingerprint density at radius 1 is 0.939 bits per heavy atom. The number of ether oxygens (including phenoxy) is 1. The van der Waals surface area contributed by atoms with E-state index in [-0.39, 0.29) is 34.9 Å². The molecule has 0 spiro atoms. The van der Waals surface area contributed by atoms with E-state index in [4.69, 9.17) is 4.74 Å². The van der Waals surface area contributed by atoms with Crippen molar-refractivity contribution in [2.75, 3.05) is 12.0 Å². The van der Waals surface area contributed by atoms with Crippen molar-refractivity contribution in [3.05, 3.63) is 99.1 Å². The number of hydrogen-bond acceptors (Lipinski definition) is 5. The monoisotopic (exact) mass is 440 g/mol. The highest BCUT2D eigenvalue weighted by Crippen LogP contribution is 2.64. The summed E-state index contributed by atoms with van der Waals surface area (Å²) in [5.74, 6) is -1.82. The molecule has 164 valence electrons. The summed E-state index contributed by atoms with van der Waals surface area (Å²) in [4.78, 5) is 39.7. The quantitative estimate of drug-likeness (QED) is 0.346. The summed E-state index contributed by atoms with van der Waals surface area (Å²) in [6.07, 6.45) is 0. The molecule has 1 fully saturated rings. The molecule has 7 heteroatoms. The van der Waals surface area contributed by atoms with Crippen molar-refractivity contribution in [2.45, 2.75) is 18.3 Å². The third kappa shape index (κ3) is 2.29. The largest absolute Gasteiger partial charge is 0.494 e. The molecule has 3 aliphatic carbocycles. The van der Waals surface area contributed by atoms with Gasteiger partial charge in [-0.1, -0.05) is 55.5 Å². The molecule has 0 radical (unpaired) electrons. The third-order valence-corrected chi connectivity index (χ3v) is 7.66. The van der Waals surface area contributed by atoms with Crippen molar-refractivity contribution in [1.82, 2.24) is 0 Å². The SMILES string of the molecule is COc1cc([N+](=O)[O-])ccc1N1C(=O)C2C3c4ccccc4C(C)(c4ccccc43)C2C1=O. The Balaban J connectivity index is 1.57. The summed E-state index contributed by atoms with van der Waals surface area (Å²) in [5.41, 5.74) is 3.73. The summed E-state index contributed by atoms with van der Waals surface area (Å²) in [6, 6.07) is 20.1. The molecule has 33 heavy (non-hydrogen) atoms. The number of carbonyl (C=O) groups is 2. The number of hydrogen-bond donors (Lipinski definition) is 0. The number of imide groups is 1. The molecule has 3 aromatic rings. The van der Waals surface area contributed by atoms with E-state index >= 15 is 0 Å². The highest BCUT2D eigenvalue weighted by atomic mass is 16.6. The van der Waals surface area contributed by atoms with Gasteiger partial charge in [0.2, 0.25) is 11.8 Å². The first-order chi connectivity index (χ1) is 15.9. The zero-order valence-electron chi connectivity index (χ0n) is 18.0. The van der Waals surface area contributed by atoms with Crippen LogP contribution in [0.5, 0.6) is 5.75 Å². The van der Waals surface area contributed by atoms with Crippen LogP contribution in [-0.4, -0.2) is 23.8 Å². The van der Waals surface area contributed by atoms with E-state index in [0.29, 0.717) is 0 Å². The first-order valence-corrected chi connectivity index (χ1v) is 10.8. The van der Waals surface area contributed by atoms with Gasteiger partial charge in [-0.3, -0.25) is 19.7 Å². The van der Waals surface area contributed by atoms with Gasteiger partial charge in [0, 0.05) is 17.4 Å². The van der Waals surface area contributed by atoms with Crippen molar-refractivity contribution in [3.63, 3.8) is 0 Å². The number of nitrogens with zero attached hydrogens (tertiary/aromatic N) is 2. The van der Waals surface area contributed by atoms with Gasteiger partial charge in [0.1, 0.15) is 5.75 Å². The van der Waals surface area contributed by atoms with Crippen LogP contribution >= 0.6 is 0 Å². The van der Waals surface area contributed by atoms with E-state index in [9.17, 15) is 19.7 Å². The molecule has 1 saturated heterocycles. The summed E-state index contributed by atoms with van der Waals surface area (Å²) >= 11 is 0. The maximum absolute atomic E-state index is 14.0. The summed E-state index contributed by atoms with van der Waals surface area (Å²) in [7, 11) is 1.37. The van der Waals surface area contributed by atoms with Gasteiger partial charge in [-0.05, 0) is 28.3 Å². The zero-order valence-corrected chi connectivity index (χ0v) is 18.0. The molecular weight excluding hydrogens is 420 g/mol. The standard InChI is InChI=1S/C26H20N2O5/c1-26-17-9-5-3-7-15(17)21(16-8-4-6-10-18(16)26)22-23(26)25(30)27(24(22)29)19-12-11-14(28(31)32)13-20(19)33-2/h3-13,21-23H,1-2H3. The maximum Gasteiger partial charge on any atom is 0.273 e. The van der Waals surface area contributed by atoms with Gasteiger partial charge in [-0.2, -0.15) is 0 Å². The van der Waals surface area contributed by atoms with E-state index in [2.05, 4.69) is 31.2 Å². The van der Waals surface area contributed by atoms with Crippen LogP contribution in [0.3, 0.4) is 0 Å². The topological polar surface area (TPSA) is 89.8 Å². The molecule has 2 bridgehead atoms. The summed E-state index contributed by atoms with van der Waals surface area (Å²) < 4.78 is 5.37. The predicted molar refractivity (Wildman–Crippen MR) is 120 cm³/mol. The molecule has 7 rings (SSSR count). The number of carbonyl (C=O) groups excluding carboxylic acids is 2. The molecule has 2 unspecified atom stereocenters. The Labute approximate surface area is 189 Å². The van der Waals surface area contributed by atoms with Gasteiger partial charge in [-0.15, -0.1) is 0 Å². The minimum Gasteiger partial charge on any atom is -0.494 e. The number of benzene rings is 3. The predicted octanol–water partition coefficient (Wildman–Crippen LogP) is 4.17. The number of nitro benzene ring substituents is 1. The fraction of sp³-hybridized carbons (Fsp3) is 0.231. The number of non-ortho nitro benzene ring substituents is 1. The van der Waals surface area contributed by atoms with Crippen LogP contribution in [0.25, 0.3) is 0 Å². The Hall–Kier alpha value is -4.00. The van der Waals surface area contributed by atoms with Crippen LogP contribution in [0.2, 0.25) is 0 Å². The van der Waals surface area contributed by atoms with Crippen molar-refractivity contribution >= 4 is 23.2 Å². The van der Waals surface area contributed by atoms with Crippen molar-refractivity contribution in [1.29, 1.82) is 0 Å². The number of amides is 2.